The second kappa shape index (κ2) is 6.59. The molecule has 0 fully saturated rings. The zero-order valence-electron chi connectivity index (χ0n) is 14.8. The summed E-state index contributed by atoms with van der Waals surface area (Å²) in [4.78, 5) is 22.7. The quantitative estimate of drug-likeness (QED) is 0.706. The molecular weight excluding hydrogens is 324 g/mol. The number of aromatic nitrogens is 2. The molecule has 1 unspecified atom stereocenters. The summed E-state index contributed by atoms with van der Waals surface area (Å²) in [5.41, 5.74) is 4.08. The smallest absolute Gasteiger partial charge is 0.229 e. The summed E-state index contributed by atoms with van der Waals surface area (Å²) in [6.07, 6.45) is 2.78. The Hall–Kier alpha value is -3.21. The number of carbonyl (C=O) groups is 1. The zero-order chi connectivity index (χ0) is 18.1. The molecule has 0 saturated carbocycles. The van der Waals surface area contributed by atoms with E-state index in [0.717, 1.165) is 17.9 Å². The maximum atomic E-state index is 11.4. The molecule has 3 aromatic rings. The fraction of sp³-hybridized carbons (Fsp3) is 0.190. The van der Waals surface area contributed by atoms with Gasteiger partial charge in [0.25, 0.3) is 0 Å². The van der Waals surface area contributed by atoms with Crippen molar-refractivity contribution in [2.24, 2.45) is 0 Å². The van der Waals surface area contributed by atoms with E-state index in [-0.39, 0.29) is 5.78 Å². The highest BCUT2D eigenvalue weighted by Crippen LogP contribution is 2.37. The van der Waals surface area contributed by atoms with Gasteiger partial charge in [0.05, 0.1) is 0 Å². The number of nitrogens with zero attached hydrogens (tertiary/aromatic N) is 3. The lowest BCUT2D eigenvalue weighted by Crippen LogP contribution is -2.25. The number of carbonyl (C=O) groups excluding carboxylic acids is 1. The highest BCUT2D eigenvalue weighted by molar-refractivity contribution is 5.94. The van der Waals surface area contributed by atoms with E-state index in [0.29, 0.717) is 17.6 Å². The van der Waals surface area contributed by atoms with Crippen LogP contribution in [0.2, 0.25) is 0 Å². The van der Waals surface area contributed by atoms with Crippen molar-refractivity contribution < 1.29 is 4.79 Å². The van der Waals surface area contributed by atoms with E-state index in [1.165, 1.54) is 11.3 Å². The minimum atomic E-state index is 0.0523. The lowest BCUT2D eigenvalue weighted by atomic mass is 10.1. The number of hydrogen-bond acceptors (Lipinski definition) is 5. The predicted octanol–water partition coefficient (Wildman–Crippen LogP) is 4.51. The normalized spacial score (nSPS) is 15.6. The number of benzene rings is 2. The summed E-state index contributed by atoms with van der Waals surface area (Å²) in [7, 11) is 0. The van der Waals surface area contributed by atoms with E-state index in [2.05, 4.69) is 46.4 Å². The molecule has 130 valence electrons. The van der Waals surface area contributed by atoms with Crippen LogP contribution < -0.4 is 10.2 Å². The monoisotopic (exact) mass is 344 g/mol. The number of hydrogen-bond donors (Lipinski definition) is 1. The molecule has 0 aliphatic carbocycles. The first-order chi connectivity index (χ1) is 12.6. The Morgan fingerprint density at radius 3 is 2.65 bits per heavy atom. The van der Waals surface area contributed by atoms with Crippen LogP contribution in [-0.2, 0) is 6.42 Å². The van der Waals surface area contributed by atoms with Crippen molar-refractivity contribution in [1.29, 1.82) is 0 Å². The van der Waals surface area contributed by atoms with Gasteiger partial charge in [-0.2, -0.15) is 4.98 Å². The summed E-state index contributed by atoms with van der Waals surface area (Å²) >= 11 is 0. The van der Waals surface area contributed by atoms with Crippen LogP contribution in [0.4, 0.5) is 23.1 Å². The molecule has 1 N–H and O–H groups in total. The van der Waals surface area contributed by atoms with Crippen LogP contribution in [0.1, 0.15) is 29.8 Å². The Labute approximate surface area is 152 Å². The van der Waals surface area contributed by atoms with Crippen molar-refractivity contribution >= 4 is 28.9 Å². The average Bonchev–Trinajstić information content (AvgIpc) is 2.98. The summed E-state index contributed by atoms with van der Waals surface area (Å²) in [5, 5.41) is 3.21. The van der Waals surface area contributed by atoms with Crippen molar-refractivity contribution in [3.05, 3.63) is 71.9 Å². The van der Waals surface area contributed by atoms with Crippen molar-refractivity contribution in [3.63, 3.8) is 0 Å². The lowest BCUT2D eigenvalue weighted by Gasteiger charge is -2.24. The minimum Gasteiger partial charge on any atom is -0.324 e. The number of nitrogens with one attached hydrogen (secondary N) is 1. The predicted molar refractivity (Wildman–Crippen MR) is 104 cm³/mol. The Morgan fingerprint density at radius 1 is 1.12 bits per heavy atom. The Kier molecular flexibility index (Phi) is 4.13. The van der Waals surface area contributed by atoms with Gasteiger partial charge >= 0.3 is 0 Å². The summed E-state index contributed by atoms with van der Waals surface area (Å²) in [6, 6.07) is 18.0. The largest absolute Gasteiger partial charge is 0.324 e. The van der Waals surface area contributed by atoms with Gasteiger partial charge in [-0.25, -0.2) is 4.98 Å². The first-order valence-corrected chi connectivity index (χ1v) is 8.70. The van der Waals surface area contributed by atoms with Crippen LogP contribution in [0.15, 0.2) is 60.8 Å². The maximum Gasteiger partial charge on any atom is 0.229 e. The first kappa shape index (κ1) is 16.3. The highest BCUT2D eigenvalue weighted by Gasteiger charge is 2.27. The maximum absolute atomic E-state index is 11.4. The first-order valence-electron chi connectivity index (χ1n) is 8.70. The summed E-state index contributed by atoms with van der Waals surface area (Å²) in [6.45, 7) is 3.76. The SMILES string of the molecule is CC(=O)c1ccc(Nc2nccc(N3c4ccccc4CC3C)n2)cc1. The van der Waals surface area contributed by atoms with Crippen molar-refractivity contribution in [3.8, 4) is 0 Å². The second-order valence-electron chi connectivity index (χ2n) is 6.55. The van der Waals surface area contributed by atoms with Gasteiger partial charge in [0.2, 0.25) is 5.95 Å². The second-order valence-corrected chi connectivity index (χ2v) is 6.55. The van der Waals surface area contributed by atoms with E-state index in [1.54, 1.807) is 25.3 Å². The van der Waals surface area contributed by atoms with Gasteiger partial charge in [-0.3, -0.25) is 4.79 Å². The van der Waals surface area contributed by atoms with E-state index < -0.39 is 0 Å². The number of fused-ring (bicyclic) bond motifs is 1. The molecule has 0 spiro atoms. The van der Waals surface area contributed by atoms with Crippen molar-refractivity contribution in [1.82, 2.24) is 9.97 Å². The number of rotatable bonds is 4. The van der Waals surface area contributed by atoms with Crippen LogP contribution in [-0.4, -0.2) is 21.8 Å². The van der Waals surface area contributed by atoms with E-state index in [4.69, 9.17) is 4.98 Å². The number of para-hydroxylation sites is 1. The Balaban J connectivity index is 1.60. The van der Waals surface area contributed by atoms with Crippen LogP contribution >= 0.6 is 0 Å². The molecule has 4 rings (SSSR count). The Morgan fingerprint density at radius 2 is 1.88 bits per heavy atom. The average molecular weight is 344 g/mol. The number of Topliss-reactive ketones (excluding diaryl/α,β-unsaturated/α-hetero) is 1. The molecule has 0 radical (unpaired) electrons. The van der Waals surface area contributed by atoms with E-state index in [9.17, 15) is 4.79 Å². The standard InChI is InChI=1S/C21H20N4O/c1-14-13-17-5-3-4-6-19(17)25(14)20-11-12-22-21(24-20)23-18-9-7-16(8-10-18)15(2)26/h3-12,14H,13H2,1-2H3,(H,22,23,24). The van der Waals surface area contributed by atoms with Crippen LogP contribution in [0.3, 0.4) is 0 Å². The van der Waals surface area contributed by atoms with Gasteiger partial charge in [-0.05, 0) is 62.2 Å². The fourth-order valence-electron chi connectivity index (χ4n) is 3.38. The van der Waals surface area contributed by atoms with Gasteiger partial charge < -0.3 is 10.2 Å². The third-order valence-electron chi connectivity index (χ3n) is 4.64. The topological polar surface area (TPSA) is 58.1 Å². The van der Waals surface area contributed by atoms with Gasteiger partial charge in [0.15, 0.2) is 5.78 Å². The van der Waals surface area contributed by atoms with Gasteiger partial charge in [0.1, 0.15) is 5.82 Å². The molecule has 0 amide bonds. The van der Waals surface area contributed by atoms with Gasteiger partial charge in [-0.1, -0.05) is 18.2 Å². The zero-order valence-corrected chi connectivity index (χ0v) is 14.8. The lowest BCUT2D eigenvalue weighted by molar-refractivity contribution is 0.101. The molecular formula is C21H20N4O. The van der Waals surface area contributed by atoms with Crippen LogP contribution in [0.5, 0.6) is 0 Å². The molecule has 26 heavy (non-hydrogen) atoms. The molecule has 5 nitrogen and oxygen atoms in total. The number of ketones is 1. The molecule has 1 aliphatic heterocycles. The summed E-state index contributed by atoms with van der Waals surface area (Å²) in [5.74, 6) is 1.46. The van der Waals surface area contributed by atoms with Crippen molar-refractivity contribution in [2.45, 2.75) is 26.3 Å². The number of anilines is 4. The molecule has 0 saturated heterocycles. The molecule has 2 aromatic carbocycles. The van der Waals surface area contributed by atoms with E-state index >= 15 is 0 Å². The summed E-state index contributed by atoms with van der Waals surface area (Å²) < 4.78 is 0. The third-order valence-corrected chi connectivity index (χ3v) is 4.64. The third kappa shape index (κ3) is 3.04. The fourth-order valence-corrected chi connectivity index (χ4v) is 3.38. The van der Waals surface area contributed by atoms with Gasteiger partial charge in [-0.15, -0.1) is 0 Å². The van der Waals surface area contributed by atoms with Crippen LogP contribution in [0.25, 0.3) is 0 Å². The minimum absolute atomic E-state index is 0.0523. The highest BCUT2D eigenvalue weighted by atomic mass is 16.1. The molecule has 2 heterocycles. The molecule has 1 aliphatic rings. The Bertz CT molecular complexity index is 952. The molecule has 0 bridgehead atoms. The van der Waals surface area contributed by atoms with Crippen LogP contribution in [0, 0.1) is 0 Å². The van der Waals surface area contributed by atoms with Gasteiger partial charge in [0, 0.05) is 29.2 Å². The van der Waals surface area contributed by atoms with Crippen molar-refractivity contribution in [2.75, 3.05) is 10.2 Å². The molecule has 1 atom stereocenters. The van der Waals surface area contributed by atoms with E-state index in [1.807, 2.05) is 18.2 Å². The molecule has 5 heteroatoms. The molecule has 1 aromatic heterocycles.